The van der Waals surface area contributed by atoms with Crippen molar-refractivity contribution in [3.63, 3.8) is 0 Å². The summed E-state index contributed by atoms with van der Waals surface area (Å²) in [7, 11) is 0. The van der Waals surface area contributed by atoms with E-state index >= 15 is 0 Å². The molecule has 5 rings (SSSR count). The number of benzene rings is 4. The summed E-state index contributed by atoms with van der Waals surface area (Å²) in [5, 5.41) is 5.28. The highest BCUT2D eigenvalue weighted by Gasteiger charge is 2.23. The monoisotopic (exact) mass is 306 g/mol. The Balaban J connectivity index is 1.78. The van der Waals surface area contributed by atoms with Crippen molar-refractivity contribution >= 4 is 33.2 Å². The lowest BCUT2D eigenvalue weighted by Gasteiger charge is -2.14. The van der Waals surface area contributed by atoms with Gasteiger partial charge in [0.15, 0.2) is 0 Å². The molecule has 0 saturated carbocycles. The molecule has 0 nitrogen and oxygen atoms in total. The summed E-state index contributed by atoms with van der Waals surface area (Å²) in [6.45, 7) is 2.32. The van der Waals surface area contributed by atoms with E-state index in [0.717, 1.165) is 0 Å². The first kappa shape index (κ1) is 13.6. The summed E-state index contributed by atoms with van der Waals surface area (Å²) in [4.78, 5) is 0. The van der Waals surface area contributed by atoms with E-state index in [4.69, 9.17) is 0 Å². The minimum atomic E-state index is 0.443. The van der Waals surface area contributed by atoms with Crippen LogP contribution in [-0.2, 0) is 0 Å². The van der Waals surface area contributed by atoms with Crippen LogP contribution >= 0.6 is 0 Å². The fourth-order valence-electron chi connectivity index (χ4n) is 4.03. The molecule has 0 amide bonds. The van der Waals surface area contributed by atoms with Crippen LogP contribution in [0.3, 0.4) is 0 Å². The standard InChI is InChI=1S/C24H18/c1-16-21-11-5-4-9-20(21)15-23(16)22-12-6-10-19-13-17-7-2-3-8-18(17)14-24(19)22/h2-16H,1H3. The molecule has 0 saturated heterocycles. The van der Waals surface area contributed by atoms with Gasteiger partial charge in [-0.25, -0.2) is 0 Å². The predicted molar refractivity (Wildman–Crippen MR) is 104 cm³/mol. The van der Waals surface area contributed by atoms with Crippen LogP contribution in [0.15, 0.2) is 78.9 Å². The molecule has 1 aliphatic carbocycles. The van der Waals surface area contributed by atoms with Crippen LogP contribution in [0.2, 0.25) is 0 Å². The predicted octanol–water partition coefficient (Wildman–Crippen LogP) is 6.65. The second kappa shape index (κ2) is 5.07. The highest BCUT2D eigenvalue weighted by Crippen LogP contribution is 2.43. The number of hydrogen-bond acceptors (Lipinski definition) is 0. The molecule has 0 aromatic heterocycles. The summed E-state index contributed by atoms with van der Waals surface area (Å²) in [6, 6.07) is 28.7. The van der Waals surface area contributed by atoms with Gasteiger partial charge in [-0.2, -0.15) is 0 Å². The topological polar surface area (TPSA) is 0 Å². The third kappa shape index (κ3) is 1.93. The summed E-state index contributed by atoms with van der Waals surface area (Å²) in [6.07, 6.45) is 2.37. The first-order chi connectivity index (χ1) is 11.8. The molecular formula is C24H18. The summed E-state index contributed by atoms with van der Waals surface area (Å²) < 4.78 is 0. The maximum absolute atomic E-state index is 2.37. The van der Waals surface area contributed by atoms with Gasteiger partial charge in [0.05, 0.1) is 0 Å². The zero-order valence-corrected chi connectivity index (χ0v) is 13.7. The zero-order valence-electron chi connectivity index (χ0n) is 13.7. The molecule has 0 fully saturated rings. The Morgan fingerprint density at radius 2 is 1.38 bits per heavy atom. The number of allylic oxidation sites excluding steroid dienone is 1. The lowest BCUT2D eigenvalue weighted by Crippen LogP contribution is -1.94. The van der Waals surface area contributed by atoms with Crippen molar-refractivity contribution in [2.45, 2.75) is 12.8 Å². The van der Waals surface area contributed by atoms with Gasteiger partial charge < -0.3 is 0 Å². The van der Waals surface area contributed by atoms with E-state index in [1.54, 1.807) is 0 Å². The van der Waals surface area contributed by atoms with E-state index < -0.39 is 0 Å². The van der Waals surface area contributed by atoms with Crippen molar-refractivity contribution in [2.24, 2.45) is 0 Å². The first-order valence-corrected chi connectivity index (χ1v) is 8.54. The van der Waals surface area contributed by atoms with E-state index in [0.29, 0.717) is 5.92 Å². The molecule has 0 radical (unpaired) electrons. The molecule has 1 atom stereocenters. The smallest absolute Gasteiger partial charge is 0.00733 e. The number of hydrogen-bond donors (Lipinski definition) is 0. The van der Waals surface area contributed by atoms with E-state index in [9.17, 15) is 0 Å². The Morgan fingerprint density at radius 1 is 0.667 bits per heavy atom. The largest absolute Gasteiger partial charge is 0.0619 e. The Kier molecular flexibility index (Phi) is 2.87. The van der Waals surface area contributed by atoms with Crippen LogP contribution in [0.25, 0.3) is 33.2 Å². The molecule has 4 aromatic carbocycles. The quantitative estimate of drug-likeness (QED) is 0.345. The third-order valence-corrected chi connectivity index (χ3v) is 5.30. The van der Waals surface area contributed by atoms with Gasteiger partial charge in [-0.3, -0.25) is 0 Å². The van der Waals surface area contributed by atoms with E-state index in [-0.39, 0.29) is 0 Å². The average molecular weight is 306 g/mol. The zero-order chi connectivity index (χ0) is 16.1. The van der Waals surface area contributed by atoms with Gasteiger partial charge >= 0.3 is 0 Å². The molecule has 0 heterocycles. The van der Waals surface area contributed by atoms with Crippen LogP contribution in [-0.4, -0.2) is 0 Å². The maximum atomic E-state index is 2.37. The SMILES string of the molecule is CC1C(c2cccc3cc4ccccc4cc23)=Cc2ccccc21. The molecular weight excluding hydrogens is 288 g/mol. The second-order valence-corrected chi connectivity index (χ2v) is 6.68. The van der Waals surface area contributed by atoms with Crippen molar-refractivity contribution < 1.29 is 0 Å². The maximum Gasteiger partial charge on any atom is 0.00733 e. The number of rotatable bonds is 1. The molecule has 24 heavy (non-hydrogen) atoms. The van der Waals surface area contributed by atoms with Crippen LogP contribution < -0.4 is 0 Å². The Bertz CT molecular complexity index is 1120. The molecule has 0 spiro atoms. The van der Waals surface area contributed by atoms with Crippen LogP contribution in [0.1, 0.15) is 29.5 Å². The molecule has 0 N–H and O–H groups in total. The van der Waals surface area contributed by atoms with Gasteiger partial charge in [0, 0.05) is 5.92 Å². The molecule has 1 unspecified atom stereocenters. The summed E-state index contributed by atoms with van der Waals surface area (Å²) in [5.74, 6) is 0.443. The molecule has 0 bridgehead atoms. The van der Waals surface area contributed by atoms with Crippen molar-refractivity contribution in [1.29, 1.82) is 0 Å². The minimum Gasteiger partial charge on any atom is -0.0619 e. The van der Waals surface area contributed by atoms with Crippen molar-refractivity contribution in [1.82, 2.24) is 0 Å². The van der Waals surface area contributed by atoms with Gasteiger partial charge in [0.1, 0.15) is 0 Å². The molecule has 1 aliphatic rings. The molecule has 114 valence electrons. The highest BCUT2D eigenvalue weighted by molar-refractivity contribution is 6.06. The van der Waals surface area contributed by atoms with E-state index in [1.165, 1.54) is 43.8 Å². The van der Waals surface area contributed by atoms with Crippen LogP contribution in [0, 0.1) is 0 Å². The lowest BCUT2D eigenvalue weighted by molar-refractivity contribution is 1.01. The lowest BCUT2D eigenvalue weighted by atomic mass is 9.89. The Labute approximate surface area is 142 Å². The molecule has 0 aliphatic heterocycles. The van der Waals surface area contributed by atoms with Crippen LogP contribution in [0.5, 0.6) is 0 Å². The number of fused-ring (bicyclic) bond motifs is 3. The first-order valence-electron chi connectivity index (χ1n) is 8.54. The average Bonchev–Trinajstić information content (AvgIpc) is 2.96. The van der Waals surface area contributed by atoms with E-state index in [2.05, 4.69) is 91.9 Å². The van der Waals surface area contributed by atoms with Crippen LogP contribution in [0.4, 0.5) is 0 Å². The minimum absolute atomic E-state index is 0.443. The van der Waals surface area contributed by atoms with Crippen molar-refractivity contribution in [3.8, 4) is 0 Å². The van der Waals surface area contributed by atoms with E-state index in [1.807, 2.05) is 0 Å². The van der Waals surface area contributed by atoms with Gasteiger partial charge in [0.25, 0.3) is 0 Å². The van der Waals surface area contributed by atoms with Gasteiger partial charge in [-0.15, -0.1) is 0 Å². The fraction of sp³-hybridized carbons (Fsp3) is 0.0833. The summed E-state index contributed by atoms with van der Waals surface area (Å²) >= 11 is 0. The Morgan fingerprint density at radius 3 is 2.21 bits per heavy atom. The second-order valence-electron chi connectivity index (χ2n) is 6.68. The molecule has 0 heteroatoms. The third-order valence-electron chi connectivity index (χ3n) is 5.30. The van der Waals surface area contributed by atoms with Crippen molar-refractivity contribution in [2.75, 3.05) is 0 Å². The Hall–Kier alpha value is -2.86. The van der Waals surface area contributed by atoms with Crippen molar-refractivity contribution in [3.05, 3.63) is 95.6 Å². The van der Waals surface area contributed by atoms with Gasteiger partial charge in [-0.05, 0) is 55.9 Å². The van der Waals surface area contributed by atoms with Gasteiger partial charge in [-0.1, -0.05) is 79.7 Å². The fourth-order valence-corrected chi connectivity index (χ4v) is 4.03. The normalized spacial score (nSPS) is 16.4. The van der Waals surface area contributed by atoms with Gasteiger partial charge in [0.2, 0.25) is 0 Å². The molecule has 4 aromatic rings. The summed E-state index contributed by atoms with van der Waals surface area (Å²) in [5.41, 5.74) is 5.59. The highest BCUT2D eigenvalue weighted by atomic mass is 14.3.